The first-order chi connectivity index (χ1) is 6.72. The van der Waals surface area contributed by atoms with Gasteiger partial charge in [0.2, 0.25) is 0 Å². The SMILES string of the molecule is CCCc1ccc(SNC(C)C)cc1. The van der Waals surface area contributed by atoms with Crippen molar-refractivity contribution in [1.29, 1.82) is 0 Å². The number of hydrogen-bond acceptors (Lipinski definition) is 2. The molecule has 1 aromatic carbocycles. The summed E-state index contributed by atoms with van der Waals surface area (Å²) in [4.78, 5) is 1.29. The van der Waals surface area contributed by atoms with Crippen molar-refractivity contribution < 1.29 is 0 Å². The third kappa shape index (κ3) is 4.16. The first-order valence-electron chi connectivity index (χ1n) is 5.23. The van der Waals surface area contributed by atoms with Gasteiger partial charge in [0.25, 0.3) is 0 Å². The second-order valence-corrected chi connectivity index (χ2v) is 4.68. The zero-order valence-electron chi connectivity index (χ0n) is 9.21. The molecule has 0 aromatic heterocycles. The Labute approximate surface area is 91.4 Å². The zero-order chi connectivity index (χ0) is 10.4. The Kier molecular flexibility index (Phi) is 5.05. The average Bonchev–Trinajstić information content (AvgIpc) is 2.17. The molecule has 78 valence electrons. The van der Waals surface area contributed by atoms with Crippen LogP contribution in [-0.2, 0) is 6.42 Å². The monoisotopic (exact) mass is 209 g/mol. The first-order valence-corrected chi connectivity index (χ1v) is 6.05. The minimum atomic E-state index is 0.523. The summed E-state index contributed by atoms with van der Waals surface area (Å²) in [5, 5.41) is 0. The molecule has 0 aliphatic rings. The Morgan fingerprint density at radius 2 is 1.86 bits per heavy atom. The van der Waals surface area contributed by atoms with Crippen LogP contribution in [0.2, 0.25) is 0 Å². The Morgan fingerprint density at radius 3 is 2.36 bits per heavy atom. The molecule has 14 heavy (non-hydrogen) atoms. The van der Waals surface area contributed by atoms with Crippen molar-refractivity contribution in [1.82, 2.24) is 4.72 Å². The maximum Gasteiger partial charge on any atom is 0.0228 e. The molecule has 0 aliphatic carbocycles. The molecule has 0 radical (unpaired) electrons. The maximum atomic E-state index is 3.33. The van der Waals surface area contributed by atoms with Crippen molar-refractivity contribution >= 4 is 11.9 Å². The van der Waals surface area contributed by atoms with Gasteiger partial charge in [-0.3, -0.25) is 4.72 Å². The molecule has 0 saturated carbocycles. The third-order valence-corrected chi connectivity index (χ3v) is 2.97. The molecule has 1 aromatic rings. The summed E-state index contributed by atoms with van der Waals surface area (Å²) in [6.07, 6.45) is 2.40. The maximum absolute atomic E-state index is 3.33. The fourth-order valence-corrected chi connectivity index (χ4v) is 1.84. The van der Waals surface area contributed by atoms with Gasteiger partial charge in [-0.15, -0.1) is 0 Å². The van der Waals surface area contributed by atoms with Crippen molar-refractivity contribution in [2.75, 3.05) is 0 Å². The lowest BCUT2D eigenvalue weighted by Crippen LogP contribution is -2.13. The van der Waals surface area contributed by atoms with E-state index in [2.05, 4.69) is 49.8 Å². The lowest BCUT2D eigenvalue weighted by molar-refractivity contribution is 0.771. The van der Waals surface area contributed by atoms with Crippen LogP contribution in [0.25, 0.3) is 0 Å². The quantitative estimate of drug-likeness (QED) is 0.743. The summed E-state index contributed by atoms with van der Waals surface area (Å²) in [5.41, 5.74) is 1.43. The van der Waals surface area contributed by atoms with Gasteiger partial charge in [-0.25, -0.2) is 0 Å². The van der Waals surface area contributed by atoms with Crippen LogP contribution in [0.3, 0.4) is 0 Å². The number of benzene rings is 1. The Balaban J connectivity index is 2.46. The largest absolute Gasteiger partial charge is 0.257 e. The van der Waals surface area contributed by atoms with E-state index in [1.807, 2.05) is 0 Å². The van der Waals surface area contributed by atoms with Crippen LogP contribution in [0.4, 0.5) is 0 Å². The van der Waals surface area contributed by atoms with Crippen molar-refractivity contribution in [2.45, 2.75) is 44.6 Å². The second kappa shape index (κ2) is 6.10. The molecule has 0 bridgehead atoms. The first kappa shape index (κ1) is 11.6. The molecule has 0 spiro atoms. The Morgan fingerprint density at radius 1 is 1.21 bits per heavy atom. The zero-order valence-corrected chi connectivity index (χ0v) is 10.0. The molecule has 0 fully saturated rings. The molecule has 2 heteroatoms. The molecule has 0 atom stereocenters. The number of aryl methyl sites for hydroxylation is 1. The topological polar surface area (TPSA) is 12.0 Å². The molecule has 0 saturated heterocycles. The highest BCUT2D eigenvalue weighted by Gasteiger charge is 1.96. The van der Waals surface area contributed by atoms with Crippen LogP contribution < -0.4 is 4.72 Å². The van der Waals surface area contributed by atoms with Gasteiger partial charge < -0.3 is 0 Å². The van der Waals surface area contributed by atoms with Crippen molar-refractivity contribution in [3.05, 3.63) is 29.8 Å². The number of rotatable bonds is 5. The average molecular weight is 209 g/mol. The fraction of sp³-hybridized carbons (Fsp3) is 0.500. The molecule has 0 heterocycles. The van der Waals surface area contributed by atoms with Crippen molar-refractivity contribution in [3.63, 3.8) is 0 Å². The van der Waals surface area contributed by atoms with Crippen LogP contribution in [-0.4, -0.2) is 6.04 Å². The smallest absolute Gasteiger partial charge is 0.0228 e. The lowest BCUT2D eigenvalue weighted by atomic mass is 10.1. The van der Waals surface area contributed by atoms with E-state index in [1.165, 1.54) is 23.3 Å². The van der Waals surface area contributed by atoms with Gasteiger partial charge in [0.1, 0.15) is 0 Å². The molecule has 0 amide bonds. The highest BCUT2D eigenvalue weighted by Crippen LogP contribution is 2.16. The van der Waals surface area contributed by atoms with E-state index in [-0.39, 0.29) is 0 Å². The molecular weight excluding hydrogens is 190 g/mol. The fourth-order valence-electron chi connectivity index (χ4n) is 1.20. The standard InChI is InChI=1S/C12H19NS/c1-4-5-11-6-8-12(9-7-11)14-13-10(2)3/h6-10,13H,4-5H2,1-3H3. The Hall–Kier alpha value is -0.470. The van der Waals surface area contributed by atoms with Gasteiger partial charge in [0.05, 0.1) is 0 Å². The molecule has 0 unspecified atom stereocenters. The van der Waals surface area contributed by atoms with E-state index < -0.39 is 0 Å². The predicted octanol–water partition coefficient (Wildman–Crippen LogP) is 3.64. The van der Waals surface area contributed by atoms with Crippen molar-refractivity contribution in [3.8, 4) is 0 Å². The van der Waals surface area contributed by atoms with Crippen LogP contribution in [0.5, 0.6) is 0 Å². The minimum absolute atomic E-state index is 0.523. The summed E-state index contributed by atoms with van der Waals surface area (Å²) in [6.45, 7) is 6.51. The van der Waals surface area contributed by atoms with Gasteiger partial charge in [0.15, 0.2) is 0 Å². The van der Waals surface area contributed by atoms with E-state index in [0.717, 1.165) is 0 Å². The summed E-state index contributed by atoms with van der Waals surface area (Å²) in [5.74, 6) is 0. The van der Waals surface area contributed by atoms with Crippen LogP contribution in [0.1, 0.15) is 32.8 Å². The molecule has 1 nitrogen and oxygen atoms in total. The predicted molar refractivity (Wildman–Crippen MR) is 64.6 cm³/mol. The van der Waals surface area contributed by atoms with Gasteiger partial charge in [-0.05, 0) is 49.9 Å². The lowest BCUT2D eigenvalue weighted by Gasteiger charge is -2.07. The van der Waals surface area contributed by atoms with Gasteiger partial charge >= 0.3 is 0 Å². The normalized spacial score (nSPS) is 10.9. The molecule has 1 rings (SSSR count). The van der Waals surface area contributed by atoms with Gasteiger partial charge in [-0.1, -0.05) is 25.5 Å². The van der Waals surface area contributed by atoms with Crippen LogP contribution >= 0.6 is 11.9 Å². The van der Waals surface area contributed by atoms with Gasteiger partial charge in [0, 0.05) is 10.9 Å². The third-order valence-electron chi connectivity index (χ3n) is 1.87. The summed E-state index contributed by atoms with van der Waals surface area (Å²) < 4.78 is 3.33. The molecular formula is C12H19NS. The summed E-state index contributed by atoms with van der Waals surface area (Å²) in [7, 11) is 0. The minimum Gasteiger partial charge on any atom is -0.257 e. The second-order valence-electron chi connectivity index (χ2n) is 3.77. The Bertz CT molecular complexity index is 254. The van der Waals surface area contributed by atoms with Crippen LogP contribution in [0.15, 0.2) is 29.2 Å². The van der Waals surface area contributed by atoms with E-state index in [0.29, 0.717) is 6.04 Å². The van der Waals surface area contributed by atoms with E-state index in [1.54, 1.807) is 11.9 Å². The highest BCUT2D eigenvalue weighted by atomic mass is 32.2. The van der Waals surface area contributed by atoms with Crippen molar-refractivity contribution in [2.24, 2.45) is 0 Å². The molecule has 0 aliphatic heterocycles. The van der Waals surface area contributed by atoms with Gasteiger partial charge in [-0.2, -0.15) is 0 Å². The van der Waals surface area contributed by atoms with E-state index in [9.17, 15) is 0 Å². The molecule has 1 N–H and O–H groups in total. The number of nitrogens with one attached hydrogen (secondary N) is 1. The summed E-state index contributed by atoms with van der Waals surface area (Å²) >= 11 is 1.71. The summed E-state index contributed by atoms with van der Waals surface area (Å²) in [6, 6.07) is 9.33. The van der Waals surface area contributed by atoms with E-state index in [4.69, 9.17) is 0 Å². The van der Waals surface area contributed by atoms with Crippen LogP contribution in [0, 0.1) is 0 Å². The van der Waals surface area contributed by atoms with E-state index >= 15 is 0 Å². The number of hydrogen-bond donors (Lipinski definition) is 1. The highest BCUT2D eigenvalue weighted by molar-refractivity contribution is 7.97.